The number of hydrogen-bond acceptors (Lipinski definition) is 7. The number of aliphatic imine (C=N–C) groups is 1. The third kappa shape index (κ3) is 4.65. The van der Waals surface area contributed by atoms with Crippen molar-refractivity contribution in [2.75, 3.05) is 13.2 Å². The molecule has 13 heteroatoms. The van der Waals surface area contributed by atoms with Crippen molar-refractivity contribution < 1.29 is 35.7 Å². The first kappa shape index (κ1) is 27.9. The van der Waals surface area contributed by atoms with Crippen LogP contribution >= 0.6 is 0 Å². The molecule has 0 amide bonds. The highest BCUT2D eigenvalue weighted by Crippen LogP contribution is 2.47. The molecule has 2 aliphatic rings. The van der Waals surface area contributed by atoms with Crippen LogP contribution in [0.1, 0.15) is 48.8 Å². The number of alkyl halides is 4. The summed E-state index contributed by atoms with van der Waals surface area (Å²) in [4.78, 5) is 21.3. The fourth-order valence-corrected chi connectivity index (χ4v) is 7.89. The molecule has 38 heavy (non-hydrogen) atoms. The highest BCUT2D eigenvalue weighted by molar-refractivity contribution is 7.96. The Morgan fingerprint density at radius 2 is 1.95 bits per heavy atom. The van der Waals surface area contributed by atoms with E-state index in [0.29, 0.717) is 18.5 Å². The zero-order valence-electron chi connectivity index (χ0n) is 20.9. The van der Waals surface area contributed by atoms with Gasteiger partial charge in [0.05, 0.1) is 21.2 Å². The Balaban J connectivity index is 1.57. The van der Waals surface area contributed by atoms with E-state index in [1.54, 1.807) is 20.8 Å². The van der Waals surface area contributed by atoms with Gasteiger partial charge in [-0.15, -0.1) is 0 Å². The summed E-state index contributed by atoms with van der Waals surface area (Å²) >= 11 is 0. The zero-order valence-corrected chi connectivity index (χ0v) is 21.7. The van der Waals surface area contributed by atoms with Gasteiger partial charge in [-0.05, 0) is 57.0 Å². The van der Waals surface area contributed by atoms with Gasteiger partial charge in [-0.2, -0.15) is 8.78 Å². The zero-order chi connectivity index (χ0) is 28.1. The molecular weight excluding hydrogens is 531 g/mol. The first-order valence-corrected chi connectivity index (χ1v) is 13.3. The molecule has 0 spiro atoms. The number of amidine groups is 1. The van der Waals surface area contributed by atoms with Gasteiger partial charge in [0, 0.05) is 18.5 Å². The van der Waals surface area contributed by atoms with Gasteiger partial charge in [-0.3, -0.25) is 9.79 Å². The largest absolute Gasteiger partial charge is 0.485 e. The minimum atomic E-state index is -4.33. The Morgan fingerprint density at radius 1 is 1.24 bits per heavy atom. The van der Waals surface area contributed by atoms with Crippen molar-refractivity contribution in [3.8, 4) is 5.75 Å². The Hall–Kier alpha value is -3.09. The van der Waals surface area contributed by atoms with E-state index in [1.165, 1.54) is 30.3 Å². The average molecular weight is 559 g/mol. The van der Waals surface area contributed by atoms with Crippen molar-refractivity contribution >= 4 is 21.3 Å². The fraction of sp³-hybridized carbons (Fsp3) is 0.480. The highest BCUT2D eigenvalue weighted by Gasteiger charge is 2.56. The van der Waals surface area contributed by atoms with E-state index >= 15 is 4.39 Å². The molecule has 0 bridgehead atoms. The first-order valence-electron chi connectivity index (χ1n) is 11.8. The number of rotatable bonds is 8. The number of ether oxygens (including phenoxy) is 1. The number of pyridine rings is 1. The smallest absolute Gasteiger partial charge is 0.340 e. The van der Waals surface area contributed by atoms with Crippen molar-refractivity contribution in [1.29, 1.82) is 0 Å². The van der Waals surface area contributed by atoms with Crippen molar-refractivity contribution in [3.63, 3.8) is 0 Å². The lowest BCUT2D eigenvalue weighted by Crippen LogP contribution is -2.58. The van der Waals surface area contributed by atoms with Crippen LogP contribution in [0, 0.1) is 5.82 Å². The SMILES string of the molecule is CC1(C)C(N)=N[C@](C)(c2cc(CC(=O)c3ccc(OCC(F)(F)C(F)F)cn3)ccc2F)[C@@H]2CCN=[S@@]21=O. The van der Waals surface area contributed by atoms with Crippen LogP contribution < -0.4 is 10.5 Å². The maximum atomic E-state index is 15.2. The van der Waals surface area contributed by atoms with Gasteiger partial charge in [0.2, 0.25) is 0 Å². The van der Waals surface area contributed by atoms with Crippen LogP contribution in [0.3, 0.4) is 0 Å². The number of nitrogens with two attached hydrogens (primary N) is 1. The molecule has 0 saturated heterocycles. The molecule has 0 unspecified atom stereocenters. The van der Waals surface area contributed by atoms with Crippen LogP contribution in [0.4, 0.5) is 22.0 Å². The molecule has 4 rings (SSSR count). The van der Waals surface area contributed by atoms with E-state index in [4.69, 9.17) is 5.73 Å². The Labute approximate surface area is 216 Å². The molecule has 2 aromatic rings. The molecule has 0 radical (unpaired) electrons. The average Bonchev–Trinajstić information content (AvgIpc) is 3.28. The monoisotopic (exact) mass is 558 g/mol. The number of halogens is 5. The van der Waals surface area contributed by atoms with Crippen LogP contribution in [0.2, 0.25) is 0 Å². The molecule has 3 heterocycles. The summed E-state index contributed by atoms with van der Waals surface area (Å²) in [5.41, 5.74) is 5.50. The quantitative estimate of drug-likeness (QED) is 0.379. The van der Waals surface area contributed by atoms with Crippen LogP contribution in [-0.2, 0) is 21.7 Å². The molecule has 2 N–H and O–H groups in total. The second-order valence-electron chi connectivity index (χ2n) is 10.00. The number of ketones is 1. The number of benzene rings is 1. The highest BCUT2D eigenvalue weighted by atomic mass is 32.2. The maximum Gasteiger partial charge on any atom is 0.340 e. The number of aromatic nitrogens is 1. The fourth-order valence-electron chi connectivity index (χ4n) is 4.72. The molecule has 1 aromatic heterocycles. The molecule has 2 aliphatic heterocycles. The van der Waals surface area contributed by atoms with Gasteiger partial charge < -0.3 is 10.5 Å². The van der Waals surface area contributed by atoms with Gasteiger partial charge in [0.25, 0.3) is 0 Å². The lowest BCUT2D eigenvalue weighted by Gasteiger charge is -2.44. The van der Waals surface area contributed by atoms with Crippen molar-refractivity contribution in [1.82, 2.24) is 4.98 Å². The first-order chi connectivity index (χ1) is 17.6. The molecule has 1 aromatic carbocycles. The Kier molecular flexibility index (Phi) is 7.04. The number of Topliss-reactive ketones (excluding diaryl/α,β-unsaturated/α-hetero) is 1. The van der Waals surface area contributed by atoms with Crippen molar-refractivity contribution in [2.45, 2.75) is 61.5 Å². The third-order valence-corrected chi connectivity index (χ3v) is 10.8. The lowest BCUT2D eigenvalue weighted by molar-refractivity contribution is -0.148. The molecule has 206 valence electrons. The number of nitrogens with zero attached hydrogens (tertiary/aromatic N) is 3. The summed E-state index contributed by atoms with van der Waals surface area (Å²) in [5, 5.41) is -0.579. The molecular formula is C25H27F5N4O3S. The summed E-state index contributed by atoms with van der Waals surface area (Å²) in [6.45, 7) is 3.91. The summed E-state index contributed by atoms with van der Waals surface area (Å²) in [6.07, 6.45) is -2.64. The minimum absolute atomic E-state index is 0.0330. The second-order valence-corrected chi connectivity index (χ2v) is 13.0. The van der Waals surface area contributed by atoms with Crippen LogP contribution in [0.15, 0.2) is 45.9 Å². The summed E-state index contributed by atoms with van der Waals surface area (Å²) in [6, 6.07) is 6.51. The number of carbonyl (C=O) groups excluding carboxylic acids is 1. The van der Waals surface area contributed by atoms with Crippen LogP contribution in [-0.4, -0.2) is 56.3 Å². The Bertz CT molecular complexity index is 1400. The minimum Gasteiger partial charge on any atom is -0.485 e. The van der Waals surface area contributed by atoms with Gasteiger partial charge >= 0.3 is 12.3 Å². The standard InChI is InChI=1S/C25H27F5N4O3S/c1-23(2)22(31)34-24(3,20-8-9-33-38(20,23)36)16-10-14(4-6-17(16)26)11-19(35)18-7-5-15(12-32-18)37-13-25(29,30)21(27)28/h4-7,10,12,20-21H,8-9,11,13H2,1-3H3,(H2,31,34)/t20-,24+,38+/m0/s1. The van der Waals surface area contributed by atoms with E-state index in [1.807, 2.05) is 0 Å². The molecule has 0 aliphatic carbocycles. The normalized spacial score (nSPS) is 26.4. The molecule has 3 atom stereocenters. The van der Waals surface area contributed by atoms with Gasteiger partial charge in [0.15, 0.2) is 12.4 Å². The molecule has 7 nitrogen and oxygen atoms in total. The predicted octanol–water partition coefficient (Wildman–Crippen LogP) is 4.53. The summed E-state index contributed by atoms with van der Waals surface area (Å²) < 4.78 is 87.8. The number of hydrogen-bond donors (Lipinski definition) is 1. The van der Waals surface area contributed by atoms with E-state index in [9.17, 15) is 26.6 Å². The van der Waals surface area contributed by atoms with E-state index in [2.05, 4.69) is 19.1 Å². The second kappa shape index (κ2) is 9.58. The van der Waals surface area contributed by atoms with Gasteiger partial charge in [0.1, 0.15) is 33.4 Å². The van der Waals surface area contributed by atoms with E-state index in [-0.39, 0.29) is 29.3 Å². The number of carbonyl (C=O) groups is 1. The third-order valence-electron chi connectivity index (χ3n) is 7.10. The summed E-state index contributed by atoms with van der Waals surface area (Å²) in [5.74, 6) is -5.47. The van der Waals surface area contributed by atoms with Crippen LogP contribution in [0.25, 0.3) is 0 Å². The predicted molar refractivity (Wildman–Crippen MR) is 132 cm³/mol. The molecule has 0 saturated carbocycles. The van der Waals surface area contributed by atoms with Crippen molar-refractivity contribution in [3.05, 3.63) is 59.2 Å². The van der Waals surface area contributed by atoms with Gasteiger partial charge in [-0.1, -0.05) is 6.07 Å². The summed E-state index contributed by atoms with van der Waals surface area (Å²) in [7, 11) is -2.87. The maximum absolute atomic E-state index is 15.2. The number of fused-ring (bicyclic) bond motifs is 1. The topological polar surface area (TPSA) is 107 Å². The van der Waals surface area contributed by atoms with Crippen LogP contribution in [0.5, 0.6) is 5.75 Å². The van der Waals surface area contributed by atoms with Gasteiger partial charge in [-0.25, -0.2) is 26.7 Å². The van der Waals surface area contributed by atoms with E-state index < -0.39 is 55.8 Å². The lowest BCUT2D eigenvalue weighted by atomic mass is 9.84. The molecule has 0 fully saturated rings. The van der Waals surface area contributed by atoms with E-state index in [0.717, 1.165) is 6.20 Å². The van der Waals surface area contributed by atoms with Crippen molar-refractivity contribution in [2.24, 2.45) is 15.1 Å². The Morgan fingerprint density at radius 3 is 2.58 bits per heavy atom.